The molecule has 2 fully saturated rings. The quantitative estimate of drug-likeness (QED) is 0.534. The lowest BCUT2D eigenvalue weighted by molar-refractivity contribution is 0.168. The highest BCUT2D eigenvalue weighted by Gasteiger charge is 2.38. The number of oxazole rings is 1. The number of nitrogens with zero attached hydrogens (tertiary/aromatic N) is 5. The van der Waals surface area contributed by atoms with Gasteiger partial charge in [0.25, 0.3) is 0 Å². The van der Waals surface area contributed by atoms with Gasteiger partial charge in [-0.1, -0.05) is 24.3 Å². The first-order chi connectivity index (χ1) is 15.2. The van der Waals surface area contributed by atoms with Crippen LogP contribution in [-0.4, -0.2) is 49.4 Å². The molecule has 5 heterocycles. The lowest BCUT2D eigenvalue weighted by atomic mass is 9.98. The molecule has 0 amide bonds. The average Bonchev–Trinajstić information content (AvgIpc) is 3.40. The molecule has 1 aromatic carbocycles. The van der Waals surface area contributed by atoms with Crippen molar-refractivity contribution in [2.45, 2.75) is 50.7 Å². The van der Waals surface area contributed by atoms with Crippen molar-refractivity contribution >= 4 is 11.8 Å². The van der Waals surface area contributed by atoms with Crippen LogP contribution in [0.5, 0.6) is 0 Å². The average molecular weight is 415 g/mol. The van der Waals surface area contributed by atoms with E-state index in [1.54, 1.807) is 6.26 Å². The van der Waals surface area contributed by atoms with E-state index in [0.717, 1.165) is 35.5 Å². The highest BCUT2D eigenvalue weighted by atomic mass is 16.3. The van der Waals surface area contributed by atoms with Gasteiger partial charge in [0, 0.05) is 36.1 Å². The Hall–Kier alpha value is -3.19. The molecule has 6 rings (SSSR count). The summed E-state index contributed by atoms with van der Waals surface area (Å²) < 4.78 is 7.56. The molecule has 0 aliphatic carbocycles. The van der Waals surface area contributed by atoms with Crippen LogP contribution >= 0.6 is 0 Å². The van der Waals surface area contributed by atoms with Crippen LogP contribution in [-0.2, 0) is 0 Å². The van der Waals surface area contributed by atoms with E-state index < -0.39 is 0 Å². The second-order valence-electron chi connectivity index (χ2n) is 8.81. The van der Waals surface area contributed by atoms with E-state index in [9.17, 15) is 0 Å². The Bertz CT molecular complexity index is 1230. The van der Waals surface area contributed by atoms with Crippen molar-refractivity contribution < 1.29 is 4.42 Å². The zero-order chi connectivity index (χ0) is 20.9. The lowest BCUT2D eigenvalue weighted by Gasteiger charge is -2.36. The third-order valence-corrected chi connectivity index (χ3v) is 6.99. The number of hydrogen-bond acceptors (Lipinski definition) is 6. The van der Waals surface area contributed by atoms with Crippen molar-refractivity contribution in [3.8, 4) is 22.6 Å². The van der Waals surface area contributed by atoms with Gasteiger partial charge in [-0.3, -0.25) is 4.40 Å². The van der Waals surface area contributed by atoms with Crippen LogP contribution in [0.3, 0.4) is 0 Å². The molecule has 2 saturated heterocycles. The number of rotatable bonds is 4. The predicted octanol–water partition coefficient (Wildman–Crippen LogP) is 4.40. The summed E-state index contributed by atoms with van der Waals surface area (Å²) in [6.07, 6.45) is 10.3. The highest BCUT2D eigenvalue weighted by Crippen LogP contribution is 2.36. The first kappa shape index (κ1) is 18.6. The predicted molar refractivity (Wildman–Crippen MR) is 120 cm³/mol. The number of aryl methyl sites for hydroxylation is 1. The van der Waals surface area contributed by atoms with Crippen molar-refractivity contribution in [2.24, 2.45) is 0 Å². The summed E-state index contributed by atoms with van der Waals surface area (Å²) in [4.78, 5) is 16.8. The maximum atomic E-state index is 5.60. The van der Waals surface area contributed by atoms with Crippen LogP contribution in [0, 0.1) is 6.92 Å². The van der Waals surface area contributed by atoms with Crippen molar-refractivity contribution in [1.29, 1.82) is 0 Å². The molecular weight excluding hydrogens is 388 g/mol. The van der Waals surface area contributed by atoms with Crippen molar-refractivity contribution in [3.05, 3.63) is 54.6 Å². The molecule has 31 heavy (non-hydrogen) atoms. The number of fused-ring (bicyclic) bond motifs is 3. The number of aromatic nitrogens is 4. The third-order valence-electron chi connectivity index (χ3n) is 6.99. The summed E-state index contributed by atoms with van der Waals surface area (Å²) >= 11 is 0. The van der Waals surface area contributed by atoms with Gasteiger partial charge in [0.05, 0.1) is 5.69 Å². The molecule has 0 saturated carbocycles. The number of nitrogens with one attached hydrogen (secondary N) is 1. The molecule has 0 spiro atoms. The highest BCUT2D eigenvalue weighted by molar-refractivity contribution is 5.81. The number of hydrogen-bond donors (Lipinski definition) is 1. The normalized spacial score (nSPS) is 23.5. The van der Waals surface area contributed by atoms with Gasteiger partial charge in [0.15, 0.2) is 0 Å². The maximum absolute atomic E-state index is 5.60. The fourth-order valence-corrected chi connectivity index (χ4v) is 5.33. The van der Waals surface area contributed by atoms with E-state index in [-0.39, 0.29) is 0 Å². The topological polar surface area (TPSA) is 71.5 Å². The van der Waals surface area contributed by atoms with E-state index in [4.69, 9.17) is 14.4 Å². The SMILES string of the molecule is Cc1ccccc1-c1nc2occn2c1-c1ccnc(NC2C[C@H]3CC[C@@H](C2)N3C)n1. The van der Waals surface area contributed by atoms with Crippen LogP contribution in [0.4, 0.5) is 5.95 Å². The van der Waals surface area contributed by atoms with Crippen LogP contribution in [0.2, 0.25) is 0 Å². The Morgan fingerprint density at radius 1 is 1.06 bits per heavy atom. The first-order valence-corrected chi connectivity index (χ1v) is 11.0. The van der Waals surface area contributed by atoms with E-state index in [1.165, 1.54) is 18.4 Å². The van der Waals surface area contributed by atoms with Gasteiger partial charge in [0.2, 0.25) is 5.95 Å². The van der Waals surface area contributed by atoms with Gasteiger partial charge in [-0.05, 0) is 51.3 Å². The molecule has 2 aliphatic rings. The Morgan fingerprint density at radius 2 is 1.87 bits per heavy atom. The second-order valence-corrected chi connectivity index (χ2v) is 8.81. The largest absolute Gasteiger partial charge is 0.432 e. The van der Waals surface area contributed by atoms with Gasteiger partial charge in [-0.2, -0.15) is 4.98 Å². The number of benzene rings is 1. The summed E-state index contributed by atoms with van der Waals surface area (Å²) in [6, 6.07) is 12.0. The van der Waals surface area contributed by atoms with Gasteiger partial charge in [0.1, 0.15) is 17.7 Å². The molecule has 2 aliphatic heterocycles. The fourth-order valence-electron chi connectivity index (χ4n) is 5.33. The minimum absolute atomic E-state index is 0.416. The zero-order valence-corrected chi connectivity index (χ0v) is 17.8. The molecule has 7 nitrogen and oxygen atoms in total. The van der Waals surface area contributed by atoms with Gasteiger partial charge < -0.3 is 14.6 Å². The van der Waals surface area contributed by atoms with E-state index >= 15 is 0 Å². The third kappa shape index (κ3) is 3.11. The molecule has 3 atom stereocenters. The first-order valence-electron chi connectivity index (χ1n) is 11.0. The van der Waals surface area contributed by atoms with Crippen molar-refractivity contribution in [3.63, 3.8) is 0 Å². The minimum Gasteiger partial charge on any atom is -0.432 e. The molecule has 0 radical (unpaired) electrons. The summed E-state index contributed by atoms with van der Waals surface area (Å²) in [5.74, 6) is 1.24. The molecule has 1 N–H and O–H groups in total. The van der Waals surface area contributed by atoms with Crippen molar-refractivity contribution in [2.75, 3.05) is 12.4 Å². The number of piperidine rings is 1. The Morgan fingerprint density at radius 3 is 2.68 bits per heavy atom. The van der Waals surface area contributed by atoms with Crippen molar-refractivity contribution in [1.82, 2.24) is 24.3 Å². The molecule has 7 heteroatoms. The fraction of sp³-hybridized carbons (Fsp3) is 0.375. The summed E-state index contributed by atoms with van der Waals surface area (Å²) in [5.41, 5.74) is 4.88. The molecular formula is C24H26N6O. The minimum atomic E-state index is 0.416. The zero-order valence-electron chi connectivity index (χ0n) is 17.8. The smallest absolute Gasteiger partial charge is 0.306 e. The van der Waals surface area contributed by atoms with Gasteiger partial charge in [-0.25, -0.2) is 9.97 Å². The molecule has 1 unspecified atom stereocenters. The summed E-state index contributed by atoms with van der Waals surface area (Å²) in [7, 11) is 2.26. The van der Waals surface area contributed by atoms with Crippen LogP contribution in [0.1, 0.15) is 31.2 Å². The van der Waals surface area contributed by atoms with Crippen LogP contribution < -0.4 is 5.32 Å². The van der Waals surface area contributed by atoms with Gasteiger partial charge in [-0.15, -0.1) is 0 Å². The standard InChI is InChI=1S/C24H26N6O/c1-15-5-3-4-6-19(15)21-22(30-11-12-31-24(30)28-21)20-9-10-25-23(27-20)26-16-13-17-7-8-18(14-16)29(17)2/h3-6,9-12,16-18H,7-8,13-14H2,1-2H3,(H,25,26,27)/t16?,17-,18+. The van der Waals surface area contributed by atoms with Crippen LogP contribution in [0.15, 0.2) is 53.4 Å². The molecule has 2 bridgehead atoms. The summed E-state index contributed by atoms with van der Waals surface area (Å²) in [6.45, 7) is 2.10. The molecule has 4 aromatic rings. The summed E-state index contributed by atoms with van der Waals surface area (Å²) in [5, 5.41) is 3.62. The Kier molecular flexibility index (Phi) is 4.31. The lowest BCUT2D eigenvalue weighted by Crippen LogP contribution is -2.44. The Labute approximate surface area is 181 Å². The Balaban J connectivity index is 1.37. The number of imidazole rings is 1. The van der Waals surface area contributed by atoms with E-state index in [2.05, 4.69) is 41.3 Å². The van der Waals surface area contributed by atoms with E-state index in [0.29, 0.717) is 29.9 Å². The van der Waals surface area contributed by atoms with Crippen LogP contribution in [0.25, 0.3) is 28.5 Å². The van der Waals surface area contributed by atoms with Gasteiger partial charge >= 0.3 is 5.84 Å². The molecule has 3 aromatic heterocycles. The monoisotopic (exact) mass is 414 g/mol. The van der Waals surface area contributed by atoms with E-state index in [1.807, 2.05) is 35.0 Å². The number of anilines is 1. The molecule has 158 valence electrons. The second kappa shape index (κ2) is 7.20. The maximum Gasteiger partial charge on any atom is 0.306 e.